The Balaban J connectivity index is 1.96. The topological polar surface area (TPSA) is 69.6 Å². The van der Waals surface area contributed by atoms with Gasteiger partial charge in [0.1, 0.15) is 4.88 Å². The summed E-state index contributed by atoms with van der Waals surface area (Å²) in [6, 6.07) is 3.13. The summed E-state index contributed by atoms with van der Waals surface area (Å²) in [6.45, 7) is 1.70. The molecule has 1 aliphatic rings. The number of anilines is 1. The highest BCUT2D eigenvalue weighted by molar-refractivity contribution is 7.18. The molecule has 6 heteroatoms. The number of amides is 1. The Kier molecular flexibility index (Phi) is 3.44. The molecule has 1 fully saturated rings. The standard InChI is InChI=1S/C11H14N2O3S/c1-13-5-4-7(6-13)10(14)12-9-3-2-8(17-9)11(15)16/h2-3,7H,4-6H2,1H3,(H,12,14)(H,15,16). The van der Waals surface area contributed by atoms with Crippen molar-refractivity contribution < 1.29 is 14.7 Å². The largest absolute Gasteiger partial charge is 0.477 e. The molecule has 0 saturated carbocycles. The molecule has 1 aromatic rings. The molecule has 1 atom stereocenters. The summed E-state index contributed by atoms with van der Waals surface area (Å²) in [7, 11) is 1.99. The fourth-order valence-electron chi connectivity index (χ4n) is 1.89. The number of hydrogen-bond donors (Lipinski definition) is 2. The molecule has 0 radical (unpaired) electrons. The Hall–Kier alpha value is -1.40. The second kappa shape index (κ2) is 4.85. The van der Waals surface area contributed by atoms with E-state index in [2.05, 4.69) is 10.2 Å². The summed E-state index contributed by atoms with van der Waals surface area (Å²) in [5, 5.41) is 12.1. The maximum Gasteiger partial charge on any atom is 0.345 e. The van der Waals surface area contributed by atoms with E-state index in [1.165, 1.54) is 6.07 Å². The van der Waals surface area contributed by atoms with Gasteiger partial charge < -0.3 is 15.3 Å². The Morgan fingerprint density at radius 1 is 1.53 bits per heavy atom. The van der Waals surface area contributed by atoms with Crippen LogP contribution in [-0.4, -0.2) is 42.0 Å². The molecule has 2 heterocycles. The third kappa shape index (κ3) is 2.83. The maximum atomic E-state index is 11.9. The number of thiophene rings is 1. The first-order valence-electron chi connectivity index (χ1n) is 5.39. The predicted octanol–water partition coefficient (Wildman–Crippen LogP) is 1.34. The summed E-state index contributed by atoms with van der Waals surface area (Å²) in [4.78, 5) is 24.9. The second-order valence-corrected chi connectivity index (χ2v) is 5.29. The first-order chi connectivity index (χ1) is 8.06. The Bertz CT molecular complexity index is 444. The van der Waals surface area contributed by atoms with Gasteiger partial charge in [0, 0.05) is 6.54 Å². The SMILES string of the molecule is CN1CCC(C(=O)Nc2ccc(C(=O)O)s2)C1. The number of hydrogen-bond acceptors (Lipinski definition) is 4. The van der Waals surface area contributed by atoms with Gasteiger partial charge in [0.05, 0.1) is 10.9 Å². The van der Waals surface area contributed by atoms with Crippen molar-refractivity contribution in [2.24, 2.45) is 5.92 Å². The average molecular weight is 254 g/mol. The Morgan fingerprint density at radius 3 is 2.82 bits per heavy atom. The number of nitrogens with zero attached hydrogens (tertiary/aromatic N) is 1. The molecular weight excluding hydrogens is 240 g/mol. The molecule has 0 bridgehead atoms. The molecule has 0 aliphatic carbocycles. The summed E-state index contributed by atoms with van der Waals surface area (Å²) in [5.74, 6) is -0.973. The fraction of sp³-hybridized carbons (Fsp3) is 0.455. The highest BCUT2D eigenvalue weighted by Crippen LogP contribution is 2.24. The highest BCUT2D eigenvalue weighted by Gasteiger charge is 2.26. The van der Waals surface area contributed by atoms with E-state index in [1.54, 1.807) is 6.07 Å². The van der Waals surface area contributed by atoms with Gasteiger partial charge in [0.15, 0.2) is 0 Å². The molecule has 1 amide bonds. The van der Waals surface area contributed by atoms with E-state index in [4.69, 9.17) is 5.11 Å². The van der Waals surface area contributed by atoms with Gasteiger partial charge in [0.2, 0.25) is 5.91 Å². The molecule has 1 unspecified atom stereocenters. The minimum absolute atomic E-state index is 0.00961. The molecule has 17 heavy (non-hydrogen) atoms. The molecule has 1 aliphatic heterocycles. The minimum Gasteiger partial charge on any atom is -0.477 e. The van der Waals surface area contributed by atoms with Crippen molar-refractivity contribution in [1.29, 1.82) is 0 Å². The van der Waals surface area contributed by atoms with Crippen LogP contribution in [-0.2, 0) is 4.79 Å². The zero-order valence-electron chi connectivity index (χ0n) is 9.47. The number of likely N-dealkylation sites (tertiary alicyclic amines) is 1. The molecule has 2 rings (SSSR count). The van der Waals surface area contributed by atoms with Gasteiger partial charge in [-0.05, 0) is 32.1 Å². The molecule has 2 N–H and O–H groups in total. The van der Waals surface area contributed by atoms with Gasteiger partial charge in [0.25, 0.3) is 0 Å². The maximum absolute atomic E-state index is 11.9. The number of rotatable bonds is 3. The van der Waals surface area contributed by atoms with Gasteiger partial charge in [-0.2, -0.15) is 0 Å². The van der Waals surface area contributed by atoms with Crippen molar-refractivity contribution in [1.82, 2.24) is 4.90 Å². The third-order valence-electron chi connectivity index (χ3n) is 2.83. The van der Waals surface area contributed by atoms with Crippen molar-refractivity contribution in [2.45, 2.75) is 6.42 Å². The fourth-order valence-corrected chi connectivity index (χ4v) is 2.64. The quantitative estimate of drug-likeness (QED) is 0.854. The number of carbonyl (C=O) groups excluding carboxylic acids is 1. The number of carboxylic acid groups (broad SMARTS) is 1. The summed E-state index contributed by atoms with van der Waals surface area (Å²) in [6.07, 6.45) is 0.861. The van der Waals surface area contributed by atoms with Gasteiger partial charge in [-0.15, -0.1) is 11.3 Å². The lowest BCUT2D eigenvalue weighted by atomic mass is 10.1. The van der Waals surface area contributed by atoms with Crippen LogP contribution in [0.4, 0.5) is 5.00 Å². The van der Waals surface area contributed by atoms with E-state index in [9.17, 15) is 9.59 Å². The monoisotopic (exact) mass is 254 g/mol. The van der Waals surface area contributed by atoms with Crippen LogP contribution < -0.4 is 5.32 Å². The van der Waals surface area contributed by atoms with Crippen molar-refractivity contribution in [3.8, 4) is 0 Å². The first-order valence-corrected chi connectivity index (χ1v) is 6.20. The number of carboxylic acids is 1. The van der Waals surface area contributed by atoms with E-state index in [-0.39, 0.29) is 16.7 Å². The van der Waals surface area contributed by atoms with Gasteiger partial charge in [-0.3, -0.25) is 4.79 Å². The van der Waals surface area contributed by atoms with Crippen molar-refractivity contribution in [3.05, 3.63) is 17.0 Å². The van der Waals surface area contributed by atoms with Crippen LogP contribution in [0.5, 0.6) is 0 Å². The molecule has 1 saturated heterocycles. The van der Waals surface area contributed by atoms with E-state index >= 15 is 0 Å². The predicted molar refractivity (Wildman–Crippen MR) is 65.5 cm³/mol. The van der Waals surface area contributed by atoms with Crippen molar-refractivity contribution in [3.63, 3.8) is 0 Å². The lowest BCUT2D eigenvalue weighted by molar-refractivity contribution is -0.119. The number of aromatic carboxylic acids is 1. The summed E-state index contributed by atoms with van der Waals surface area (Å²) in [5.41, 5.74) is 0. The van der Waals surface area contributed by atoms with Crippen LogP contribution in [0.1, 0.15) is 16.1 Å². The molecule has 0 spiro atoms. The van der Waals surface area contributed by atoms with Crippen LogP contribution in [0.3, 0.4) is 0 Å². The molecule has 1 aromatic heterocycles. The molecule has 5 nitrogen and oxygen atoms in total. The second-order valence-electron chi connectivity index (χ2n) is 4.21. The Labute approximate surface area is 103 Å². The van der Waals surface area contributed by atoms with Crippen LogP contribution in [0.15, 0.2) is 12.1 Å². The van der Waals surface area contributed by atoms with Gasteiger partial charge >= 0.3 is 5.97 Å². The summed E-state index contributed by atoms with van der Waals surface area (Å²) < 4.78 is 0. The molecular formula is C11H14N2O3S. The minimum atomic E-state index is -0.962. The third-order valence-corrected chi connectivity index (χ3v) is 3.81. The first kappa shape index (κ1) is 12.1. The molecule has 0 aromatic carbocycles. The Morgan fingerprint density at radius 2 is 2.29 bits per heavy atom. The zero-order valence-corrected chi connectivity index (χ0v) is 10.3. The van der Waals surface area contributed by atoms with E-state index in [0.29, 0.717) is 5.00 Å². The van der Waals surface area contributed by atoms with E-state index in [1.807, 2.05) is 7.05 Å². The smallest absolute Gasteiger partial charge is 0.345 e. The van der Waals surface area contributed by atoms with Gasteiger partial charge in [-0.1, -0.05) is 0 Å². The van der Waals surface area contributed by atoms with E-state index < -0.39 is 5.97 Å². The van der Waals surface area contributed by atoms with Gasteiger partial charge in [-0.25, -0.2) is 4.79 Å². The van der Waals surface area contributed by atoms with Crippen molar-refractivity contribution in [2.75, 3.05) is 25.5 Å². The highest BCUT2D eigenvalue weighted by atomic mass is 32.1. The lowest BCUT2D eigenvalue weighted by Gasteiger charge is -2.09. The van der Waals surface area contributed by atoms with Crippen LogP contribution in [0.2, 0.25) is 0 Å². The van der Waals surface area contributed by atoms with Crippen LogP contribution in [0.25, 0.3) is 0 Å². The zero-order chi connectivity index (χ0) is 12.4. The van der Waals surface area contributed by atoms with Crippen molar-refractivity contribution >= 4 is 28.2 Å². The normalized spacial score (nSPS) is 20.4. The molecule has 92 valence electrons. The van der Waals surface area contributed by atoms with Crippen LogP contribution >= 0.6 is 11.3 Å². The summed E-state index contributed by atoms with van der Waals surface area (Å²) >= 11 is 1.08. The number of carbonyl (C=O) groups is 2. The van der Waals surface area contributed by atoms with Crippen LogP contribution in [0, 0.1) is 5.92 Å². The lowest BCUT2D eigenvalue weighted by Crippen LogP contribution is -2.24. The van der Waals surface area contributed by atoms with E-state index in [0.717, 1.165) is 30.8 Å². The average Bonchev–Trinajstić information content (AvgIpc) is 2.86. The number of nitrogens with one attached hydrogen (secondary N) is 1.